The van der Waals surface area contributed by atoms with E-state index >= 15 is 0 Å². The van der Waals surface area contributed by atoms with Gasteiger partial charge >= 0.3 is 0 Å². The normalized spacial score (nSPS) is 16.4. The average Bonchev–Trinajstić information content (AvgIpc) is 3.31. The Balaban J connectivity index is 1.45. The highest BCUT2D eigenvalue weighted by Gasteiger charge is 2.37. The van der Waals surface area contributed by atoms with Gasteiger partial charge < -0.3 is 24.3 Å². The fourth-order valence-corrected chi connectivity index (χ4v) is 5.27. The smallest absolute Gasteiger partial charge is 0.267 e. The molecule has 0 unspecified atom stereocenters. The number of anilines is 2. The van der Waals surface area contributed by atoms with Gasteiger partial charge in [-0.15, -0.1) is 0 Å². The summed E-state index contributed by atoms with van der Waals surface area (Å²) >= 11 is 0. The van der Waals surface area contributed by atoms with Crippen LogP contribution in [0, 0.1) is 6.92 Å². The Bertz CT molecular complexity index is 1360. The van der Waals surface area contributed by atoms with Gasteiger partial charge in [0.25, 0.3) is 15.9 Å². The zero-order valence-electron chi connectivity index (χ0n) is 18.5. The van der Waals surface area contributed by atoms with Crippen molar-refractivity contribution in [3.05, 3.63) is 66.2 Å². The van der Waals surface area contributed by atoms with Crippen LogP contribution in [0.4, 0.5) is 11.4 Å². The molecule has 10 heteroatoms. The number of fused-ring (bicyclic) bond motifs is 2. The molecule has 0 bridgehead atoms. The molecule has 9 nitrogen and oxygen atoms in total. The number of amides is 1. The van der Waals surface area contributed by atoms with E-state index in [1.54, 1.807) is 48.5 Å². The third-order valence-electron chi connectivity index (χ3n) is 5.56. The van der Waals surface area contributed by atoms with Crippen molar-refractivity contribution in [1.82, 2.24) is 0 Å². The van der Waals surface area contributed by atoms with Gasteiger partial charge in [0, 0.05) is 11.8 Å². The second kappa shape index (κ2) is 8.45. The van der Waals surface area contributed by atoms with Crippen molar-refractivity contribution < 1.29 is 32.2 Å². The molecular weight excluding hydrogens is 460 g/mol. The Labute approximate surface area is 196 Å². The lowest BCUT2D eigenvalue weighted by Crippen LogP contribution is -2.48. The first-order valence-electron chi connectivity index (χ1n) is 10.5. The molecule has 5 rings (SSSR count). The van der Waals surface area contributed by atoms with E-state index < -0.39 is 22.0 Å². The van der Waals surface area contributed by atoms with Crippen molar-refractivity contribution in [1.29, 1.82) is 0 Å². The maximum Gasteiger partial charge on any atom is 0.267 e. The predicted octanol–water partition coefficient (Wildman–Crippen LogP) is 3.33. The average molecular weight is 483 g/mol. The number of hydrogen-bond acceptors (Lipinski definition) is 7. The van der Waals surface area contributed by atoms with Crippen LogP contribution < -0.4 is 28.6 Å². The largest absolute Gasteiger partial charge is 0.497 e. The van der Waals surface area contributed by atoms with E-state index in [0.717, 1.165) is 5.56 Å². The first kappa shape index (κ1) is 21.9. The van der Waals surface area contributed by atoms with E-state index in [0.29, 0.717) is 34.4 Å². The number of rotatable bonds is 5. The molecule has 1 atom stereocenters. The summed E-state index contributed by atoms with van der Waals surface area (Å²) in [5.41, 5.74) is 1.73. The highest BCUT2D eigenvalue weighted by Crippen LogP contribution is 2.38. The SMILES string of the molecule is COc1ccc(S(=O)(=O)N2C[C@@H](C(=O)Nc3ccc4c(c3)OCO4)Oc3cc(C)ccc32)cc1. The molecule has 3 aromatic rings. The van der Waals surface area contributed by atoms with Crippen molar-refractivity contribution in [3.63, 3.8) is 0 Å². The summed E-state index contributed by atoms with van der Waals surface area (Å²) < 4.78 is 50.0. The molecule has 0 saturated carbocycles. The standard InChI is InChI=1S/C24H22N2O7S/c1-15-3-9-19-21(11-15)33-23(24(27)25-16-4-10-20-22(12-16)32-14-31-20)13-26(19)34(28,29)18-7-5-17(30-2)6-8-18/h3-12,23H,13-14H2,1-2H3,(H,25,27)/t23-/m0/s1. The number of nitrogens with one attached hydrogen (secondary N) is 1. The Morgan fingerprint density at radius 1 is 1.00 bits per heavy atom. The Morgan fingerprint density at radius 2 is 1.76 bits per heavy atom. The van der Waals surface area contributed by atoms with Crippen LogP contribution in [-0.2, 0) is 14.8 Å². The van der Waals surface area contributed by atoms with E-state index in [4.69, 9.17) is 18.9 Å². The molecule has 0 spiro atoms. The van der Waals surface area contributed by atoms with Crippen LogP contribution in [0.1, 0.15) is 5.56 Å². The van der Waals surface area contributed by atoms with Gasteiger partial charge in [0.2, 0.25) is 6.79 Å². The summed E-state index contributed by atoms with van der Waals surface area (Å²) in [6, 6.07) is 16.3. The van der Waals surface area contributed by atoms with Crippen LogP contribution in [0.15, 0.2) is 65.6 Å². The van der Waals surface area contributed by atoms with Gasteiger partial charge in [-0.2, -0.15) is 0 Å². The fourth-order valence-electron chi connectivity index (χ4n) is 3.80. The predicted molar refractivity (Wildman–Crippen MR) is 124 cm³/mol. The molecule has 34 heavy (non-hydrogen) atoms. The molecule has 0 radical (unpaired) electrons. The molecule has 2 heterocycles. The van der Waals surface area contributed by atoms with Gasteiger partial charge in [-0.3, -0.25) is 9.10 Å². The molecule has 0 aromatic heterocycles. The summed E-state index contributed by atoms with van der Waals surface area (Å²) in [5, 5.41) is 2.78. The number of aryl methyl sites for hydroxylation is 1. The molecule has 0 aliphatic carbocycles. The van der Waals surface area contributed by atoms with Crippen molar-refractivity contribution in [2.24, 2.45) is 0 Å². The monoisotopic (exact) mass is 482 g/mol. The van der Waals surface area contributed by atoms with Gasteiger partial charge in [-0.25, -0.2) is 8.42 Å². The van der Waals surface area contributed by atoms with Crippen LogP contribution in [0.25, 0.3) is 0 Å². The van der Waals surface area contributed by atoms with E-state index in [2.05, 4.69) is 5.32 Å². The van der Waals surface area contributed by atoms with Crippen LogP contribution in [0.2, 0.25) is 0 Å². The highest BCUT2D eigenvalue weighted by atomic mass is 32.2. The molecule has 2 aliphatic heterocycles. The summed E-state index contributed by atoms with van der Waals surface area (Å²) in [6.45, 7) is 1.79. The fraction of sp³-hybridized carbons (Fsp3) is 0.208. The van der Waals surface area contributed by atoms with Crippen LogP contribution >= 0.6 is 0 Å². The lowest BCUT2D eigenvalue weighted by Gasteiger charge is -2.35. The maximum absolute atomic E-state index is 13.6. The zero-order valence-corrected chi connectivity index (χ0v) is 19.3. The number of carbonyl (C=O) groups is 1. The first-order chi connectivity index (χ1) is 16.3. The van der Waals surface area contributed by atoms with E-state index in [-0.39, 0.29) is 18.2 Å². The summed E-state index contributed by atoms with van der Waals surface area (Å²) in [6.07, 6.45) is -1.08. The van der Waals surface area contributed by atoms with Gasteiger partial charge in [0.1, 0.15) is 11.5 Å². The Hall–Kier alpha value is -3.92. The third kappa shape index (κ3) is 3.96. The maximum atomic E-state index is 13.6. The number of benzene rings is 3. The van der Waals surface area contributed by atoms with Crippen LogP contribution in [0.3, 0.4) is 0 Å². The zero-order chi connectivity index (χ0) is 23.9. The molecule has 1 N–H and O–H groups in total. The number of nitrogens with zero attached hydrogens (tertiary/aromatic N) is 1. The van der Waals surface area contributed by atoms with Gasteiger partial charge in [-0.05, 0) is 61.0 Å². The molecular formula is C24H22N2O7S. The molecule has 176 valence electrons. The Kier molecular flexibility index (Phi) is 5.45. The van der Waals surface area contributed by atoms with Crippen LogP contribution in [-0.4, -0.2) is 40.9 Å². The van der Waals surface area contributed by atoms with Gasteiger partial charge in [0.15, 0.2) is 17.6 Å². The summed E-state index contributed by atoms with van der Waals surface area (Å²) in [5.74, 6) is 1.48. The van der Waals surface area contributed by atoms with E-state index in [9.17, 15) is 13.2 Å². The lowest BCUT2D eigenvalue weighted by molar-refractivity contribution is -0.122. The quantitative estimate of drug-likeness (QED) is 0.595. The van der Waals surface area contributed by atoms with E-state index in [1.807, 2.05) is 6.92 Å². The number of methoxy groups -OCH3 is 1. The van der Waals surface area contributed by atoms with Gasteiger partial charge in [-0.1, -0.05) is 6.07 Å². The third-order valence-corrected chi connectivity index (χ3v) is 7.36. The van der Waals surface area contributed by atoms with Crippen molar-refractivity contribution >= 4 is 27.3 Å². The Morgan fingerprint density at radius 3 is 2.53 bits per heavy atom. The summed E-state index contributed by atoms with van der Waals surface area (Å²) in [7, 11) is -2.47. The molecule has 0 saturated heterocycles. The molecule has 0 fully saturated rings. The number of hydrogen-bond donors (Lipinski definition) is 1. The minimum atomic E-state index is -3.98. The van der Waals surface area contributed by atoms with Crippen molar-refractivity contribution in [2.75, 3.05) is 30.1 Å². The molecule has 3 aromatic carbocycles. The highest BCUT2D eigenvalue weighted by molar-refractivity contribution is 7.92. The molecule has 2 aliphatic rings. The number of carbonyl (C=O) groups excluding carboxylic acids is 1. The van der Waals surface area contributed by atoms with E-state index in [1.165, 1.54) is 23.5 Å². The second-order valence-corrected chi connectivity index (χ2v) is 9.71. The lowest BCUT2D eigenvalue weighted by atomic mass is 10.1. The summed E-state index contributed by atoms with van der Waals surface area (Å²) in [4.78, 5) is 13.2. The first-order valence-corrected chi connectivity index (χ1v) is 11.9. The van der Waals surface area contributed by atoms with Crippen molar-refractivity contribution in [2.45, 2.75) is 17.9 Å². The molecule has 1 amide bonds. The number of sulfonamides is 1. The van der Waals surface area contributed by atoms with Crippen molar-refractivity contribution in [3.8, 4) is 23.0 Å². The second-order valence-electron chi connectivity index (χ2n) is 7.85. The van der Waals surface area contributed by atoms with Gasteiger partial charge in [0.05, 0.1) is 24.2 Å². The minimum absolute atomic E-state index is 0.0802. The number of ether oxygens (including phenoxy) is 4. The minimum Gasteiger partial charge on any atom is -0.497 e. The van der Waals surface area contributed by atoms with Crippen LogP contribution in [0.5, 0.6) is 23.0 Å². The topological polar surface area (TPSA) is 103 Å².